The van der Waals surface area contributed by atoms with E-state index in [0.29, 0.717) is 6.54 Å². The summed E-state index contributed by atoms with van der Waals surface area (Å²) in [7, 11) is 0. The van der Waals surface area contributed by atoms with Crippen molar-refractivity contribution in [1.29, 1.82) is 0 Å². The molecule has 0 atom stereocenters. The van der Waals surface area contributed by atoms with E-state index in [2.05, 4.69) is 43.1 Å². The van der Waals surface area contributed by atoms with E-state index in [1.807, 2.05) is 0 Å². The first kappa shape index (κ1) is 11.8. The lowest BCUT2D eigenvalue weighted by Gasteiger charge is -2.01. The summed E-state index contributed by atoms with van der Waals surface area (Å²) in [5, 5.41) is 0. The van der Waals surface area contributed by atoms with Gasteiger partial charge >= 0.3 is 0 Å². The van der Waals surface area contributed by atoms with Crippen LogP contribution in [0.4, 0.5) is 0 Å². The van der Waals surface area contributed by atoms with Crippen molar-refractivity contribution in [3.8, 4) is 0 Å². The second kappa shape index (κ2) is 6.23. The van der Waals surface area contributed by atoms with E-state index in [4.69, 9.17) is 5.73 Å². The third-order valence-electron chi connectivity index (χ3n) is 2.40. The van der Waals surface area contributed by atoms with E-state index in [0.717, 1.165) is 25.1 Å². The molecule has 0 fully saturated rings. The lowest BCUT2D eigenvalue weighted by atomic mass is 10.1. The molecule has 0 aromatic heterocycles. The van der Waals surface area contributed by atoms with Crippen molar-refractivity contribution in [2.45, 2.75) is 39.7 Å². The quantitative estimate of drug-likeness (QED) is 0.581. The molecule has 2 nitrogen and oxygen atoms in total. The highest BCUT2D eigenvalue weighted by Gasteiger charge is 1.93. The molecule has 2 N–H and O–H groups in total. The van der Waals surface area contributed by atoms with Crippen LogP contribution in [0.1, 0.15) is 37.8 Å². The summed E-state index contributed by atoms with van der Waals surface area (Å²) in [5.41, 5.74) is 8.33. The normalized spacial score (nSPS) is 11.7. The van der Waals surface area contributed by atoms with Gasteiger partial charge in [0.1, 0.15) is 0 Å². The van der Waals surface area contributed by atoms with Crippen LogP contribution in [-0.4, -0.2) is 5.84 Å². The molecule has 0 aliphatic heterocycles. The lowest BCUT2D eigenvalue weighted by molar-refractivity contribution is 0.953. The Labute approximate surface area is 92.2 Å². The van der Waals surface area contributed by atoms with Gasteiger partial charge in [0.2, 0.25) is 0 Å². The predicted molar refractivity (Wildman–Crippen MR) is 66.1 cm³/mol. The third-order valence-corrected chi connectivity index (χ3v) is 2.40. The zero-order valence-corrected chi connectivity index (χ0v) is 9.66. The molecule has 0 spiro atoms. The van der Waals surface area contributed by atoms with Crippen molar-refractivity contribution in [1.82, 2.24) is 0 Å². The first-order chi connectivity index (χ1) is 7.26. The van der Waals surface area contributed by atoms with Gasteiger partial charge in [0.15, 0.2) is 0 Å². The Morgan fingerprint density at radius 3 is 2.27 bits per heavy atom. The molecule has 2 heteroatoms. The Hall–Kier alpha value is -1.31. The number of nitrogens with zero attached hydrogens (tertiary/aromatic N) is 1. The highest BCUT2D eigenvalue weighted by molar-refractivity contribution is 5.80. The molecule has 0 bridgehead atoms. The average Bonchev–Trinajstić information content (AvgIpc) is 2.27. The van der Waals surface area contributed by atoms with E-state index >= 15 is 0 Å². The van der Waals surface area contributed by atoms with Crippen LogP contribution in [0.15, 0.2) is 29.3 Å². The van der Waals surface area contributed by atoms with E-state index < -0.39 is 0 Å². The van der Waals surface area contributed by atoms with Gasteiger partial charge in [0.25, 0.3) is 0 Å². The number of benzene rings is 1. The van der Waals surface area contributed by atoms with Gasteiger partial charge in [-0.3, -0.25) is 4.99 Å². The van der Waals surface area contributed by atoms with Crippen molar-refractivity contribution >= 4 is 5.84 Å². The third kappa shape index (κ3) is 4.15. The van der Waals surface area contributed by atoms with Gasteiger partial charge in [0, 0.05) is 6.42 Å². The first-order valence-electron chi connectivity index (χ1n) is 5.62. The average molecular weight is 204 g/mol. The molecule has 1 aromatic rings. The van der Waals surface area contributed by atoms with Gasteiger partial charge < -0.3 is 5.73 Å². The summed E-state index contributed by atoms with van der Waals surface area (Å²) in [5.74, 6) is 0.761. The predicted octanol–water partition coefficient (Wildman–Crippen LogP) is 2.91. The summed E-state index contributed by atoms with van der Waals surface area (Å²) in [6.07, 6.45) is 3.04. The molecule has 0 saturated heterocycles. The molecule has 0 unspecified atom stereocenters. The number of hydrogen-bond donors (Lipinski definition) is 1. The molecular weight excluding hydrogens is 184 g/mol. The summed E-state index contributed by atoms with van der Waals surface area (Å²) < 4.78 is 0. The second-order valence-electron chi connectivity index (χ2n) is 3.73. The molecule has 0 heterocycles. The van der Waals surface area contributed by atoms with Crippen molar-refractivity contribution in [2.75, 3.05) is 0 Å². The van der Waals surface area contributed by atoms with Gasteiger partial charge in [-0.2, -0.15) is 0 Å². The van der Waals surface area contributed by atoms with Crippen LogP contribution in [0.3, 0.4) is 0 Å². The largest absolute Gasteiger partial charge is 0.387 e. The van der Waals surface area contributed by atoms with Crippen molar-refractivity contribution < 1.29 is 0 Å². The number of rotatable bonds is 5. The highest BCUT2D eigenvalue weighted by Crippen LogP contribution is 2.06. The maximum atomic E-state index is 5.74. The van der Waals surface area contributed by atoms with Crippen molar-refractivity contribution in [2.24, 2.45) is 10.7 Å². The van der Waals surface area contributed by atoms with Gasteiger partial charge in [-0.15, -0.1) is 0 Å². The van der Waals surface area contributed by atoms with Crippen LogP contribution in [0.25, 0.3) is 0 Å². The molecule has 0 aliphatic carbocycles. The number of nitrogens with two attached hydrogens (primary N) is 1. The summed E-state index contributed by atoms with van der Waals surface area (Å²) in [4.78, 5) is 4.33. The van der Waals surface area contributed by atoms with Crippen LogP contribution >= 0.6 is 0 Å². The Morgan fingerprint density at radius 2 is 1.73 bits per heavy atom. The van der Waals surface area contributed by atoms with Crippen molar-refractivity contribution in [3.63, 3.8) is 0 Å². The maximum Gasteiger partial charge on any atom is 0.0941 e. The lowest BCUT2D eigenvalue weighted by Crippen LogP contribution is -2.11. The summed E-state index contributed by atoms with van der Waals surface area (Å²) in [6, 6.07) is 8.56. The highest BCUT2D eigenvalue weighted by atomic mass is 14.8. The van der Waals surface area contributed by atoms with Crippen LogP contribution < -0.4 is 5.73 Å². The number of aliphatic imine (C=N–C) groups is 1. The van der Waals surface area contributed by atoms with Crippen molar-refractivity contribution in [3.05, 3.63) is 35.4 Å². The Bertz CT molecular complexity index is 312. The second-order valence-corrected chi connectivity index (χ2v) is 3.73. The molecule has 0 radical (unpaired) electrons. The Kier molecular flexibility index (Phi) is 4.88. The minimum Gasteiger partial charge on any atom is -0.387 e. The number of amidine groups is 1. The summed E-state index contributed by atoms with van der Waals surface area (Å²) >= 11 is 0. The van der Waals surface area contributed by atoms with Gasteiger partial charge in [-0.25, -0.2) is 0 Å². The fraction of sp³-hybridized carbons (Fsp3) is 0.462. The monoisotopic (exact) mass is 204 g/mol. The van der Waals surface area contributed by atoms with Gasteiger partial charge in [-0.05, 0) is 24.0 Å². The molecular formula is C13H20N2. The fourth-order valence-corrected chi connectivity index (χ4v) is 1.41. The topological polar surface area (TPSA) is 38.4 Å². The molecule has 0 saturated carbocycles. The molecule has 0 aliphatic rings. The van der Waals surface area contributed by atoms with E-state index in [1.165, 1.54) is 11.1 Å². The number of aryl methyl sites for hydroxylation is 1. The van der Waals surface area contributed by atoms with E-state index in [-0.39, 0.29) is 0 Å². The molecule has 15 heavy (non-hydrogen) atoms. The Balaban J connectivity index is 2.54. The standard InChI is InChI=1S/C13H20N2/c1-3-5-13(14)15-10-12-8-6-11(4-2)7-9-12/h6-9H,3-5,10H2,1-2H3,(H2,14,15). The Morgan fingerprint density at radius 1 is 1.13 bits per heavy atom. The van der Waals surface area contributed by atoms with Gasteiger partial charge in [0.05, 0.1) is 12.4 Å². The fourth-order valence-electron chi connectivity index (χ4n) is 1.41. The van der Waals surface area contributed by atoms with Gasteiger partial charge in [-0.1, -0.05) is 38.1 Å². The minimum atomic E-state index is 0.704. The molecule has 1 rings (SSSR count). The first-order valence-corrected chi connectivity index (χ1v) is 5.62. The van der Waals surface area contributed by atoms with Crippen LogP contribution in [0, 0.1) is 0 Å². The number of hydrogen-bond acceptors (Lipinski definition) is 1. The maximum absolute atomic E-state index is 5.74. The SMILES string of the molecule is CCCC(N)=NCc1ccc(CC)cc1. The molecule has 1 aromatic carbocycles. The van der Waals surface area contributed by atoms with Crippen LogP contribution in [-0.2, 0) is 13.0 Å². The summed E-state index contributed by atoms with van der Waals surface area (Å²) in [6.45, 7) is 4.97. The van der Waals surface area contributed by atoms with E-state index in [9.17, 15) is 0 Å². The molecule has 82 valence electrons. The zero-order chi connectivity index (χ0) is 11.1. The van der Waals surface area contributed by atoms with E-state index in [1.54, 1.807) is 0 Å². The minimum absolute atomic E-state index is 0.704. The molecule has 0 amide bonds. The smallest absolute Gasteiger partial charge is 0.0941 e. The zero-order valence-electron chi connectivity index (χ0n) is 9.66. The van der Waals surface area contributed by atoms with Crippen LogP contribution in [0.2, 0.25) is 0 Å². The van der Waals surface area contributed by atoms with Crippen LogP contribution in [0.5, 0.6) is 0 Å².